The fourth-order valence-electron chi connectivity index (χ4n) is 6.62. The fourth-order valence-corrected chi connectivity index (χ4v) is 7.22. The van der Waals surface area contributed by atoms with Gasteiger partial charge in [0.15, 0.2) is 0 Å². The van der Waals surface area contributed by atoms with Crippen LogP contribution in [0.15, 0.2) is 59.5 Å². The molecule has 5 aromatic rings. The number of methoxy groups -OCH3 is 1. The first-order valence-electron chi connectivity index (χ1n) is 15.5. The molecule has 3 aromatic heterocycles. The number of hydrogen-bond donors (Lipinski definition) is 3. The first-order valence-corrected chi connectivity index (χ1v) is 16.3. The Kier molecular flexibility index (Phi) is 8.63. The Morgan fingerprint density at radius 2 is 1.81 bits per heavy atom. The molecule has 1 aliphatic heterocycles. The number of fused-ring (bicyclic) bond motifs is 2. The molecule has 0 radical (unpaired) electrons. The highest BCUT2D eigenvalue weighted by molar-refractivity contribution is 6.39. The number of ether oxygens (including phenoxy) is 2. The van der Waals surface area contributed by atoms with Gasteiger partial charge in [0.25, 0.3) is 5.56 Å². The van der Waals surface area contributed by atoms with E-state index in [4.69, 9.17) is 37.7 Å². The smallest absolute Gasteiger partial charge is 0.278 e. The summed E-state index contributed by atoms with van der Waals surface area (Å²) in [5.41, 5.74) is 6.09. The summed E-state index contributed by atoms with van der Waals surface area (Å²) in [5.74, 6) is 0.939. The number of aliphatic hydroxyl groups excluding tert-OH is 1. The summed E-state index contributed by atoms with van der Waals surface area (Å²) in [7, 11) is 3.23. The van der Waals surface area contributed by atoms with Crippen LogP contribution in [0, 0.1) is 6.92 Å². The van der Waals surface area contributed by atoms with Crippen molar-refractivity contribution >= 4 is 45.5 Å². The largest absolute Gasteiger partial charge is 0.481 e. The molecule has 47 heavy (non-hydrogen) atoms. The van der Waals surface area contributed by atoms with Gasteiger partial charge in [-0.1, -0.05) is 53.5 Å². The molecule has 7 rings (SSSR count). The molecule has 10 nitrogen and oxygen atoms in total. The van der Waals surface area contributed by atoms with E-state index in [2.05, 4.69) is 26.8 Å². The number of benzene rings is 2. The average molecular weight is 674 g/mol. The lowest BCUT2D eigenvalue weighted by atomic mass is 9.99. The third-order valence-corrected chi connectivity index (χ3v) is 9.78. The molecular weight excluding hydrogens is 639 g/mol. The molecule has 0 unspecified atom stereocenters. The predicted molar refractivity (Wildman–Crippen MR) is 184 cm³/mol. The Balaban J connectivity index is 1.23. The second-order valence-electron chi connectivity index (χ2n) is 12.0. The molecule has 0 saturated carbocycles. The van der Waals surface area contributed by atoms with Crippen LogP contribution in [0.4, 0.5) is 11.5 Å². The van der Waals surface area contributed by atoms with Crippen LogP contribution in [0.3, 0.4) is 0 Å². The number of aromatic nitrogens is 4. The summed E-state index contributed by atoms with van der Waals surface area (Å²) >= 11 is 14.2. The highest BCUT2D eigenvalue weighted by atomic mass is 35.5. The number of hydrogen-bond acceptors (Lipinski definition) is 9. The minimum atomic E-state index is -0.551. The lowest BCUT2D eigenvalue weighted by Gasteiger charge is -2.31. The number of nitrogens with one attached hydrogen (secondary N) is 2. The fraction of sp³-hybridized carbons (Fsp3) is 0.314. The Morgan fingerprint density at radius 3 is 2.60 bits per heavy atom. The van der Waals surface area contributed by atoms with Crippen molar-refractivity contribution in [2.24, 2.45) is 7.05 Å². The van der Waals surface area contributed by atoms with Gasteiger partial charge in [0.2, 0.25) is 5.88 Å². The first-order chi connectivity index (χ1) is 22.7. The van der Waals surface area contributed by atoms with Gasteiger partial charge < -0.3 is 25.2 Å². The standard InChI is InChI=1S/C35H34Cl2N6O4/c1-18-14-20-16-38-43(2)35(45)30(20)33(39-18)41-26-9-5-7-22(32(26)37)21-6-4-8-23(31(21)36)27-15-19-10-11-25(29(19)34(42-27)46-3)40-24-12-13-47-17-28(24)44/h4-9,14-16,24-25,28,40,44H,10-13,17H2,1-3H3,(H,39,41)/t24-,25-,28+/m0/s1. The van der Waals surface area contributed by atoms with E-state index < -0.39 is 6.10 Å². The second kappa shape index (κ2) is 12.9. The average Bonchev–Trinajstić information content (AvgIpc) is 3.47. The zero-order valence-corrected chi connectivity index (χ0v) is 27.7. The minimum absolute atomic E-state index is 0.0200. The van der Waals surface area contributed by atoms with Gasteiger partial charge in [-0.25, -0.2) is 14.6 Å². The molecule has 1 fully saturated rings. The van der Waals surface area contributed by atoms with Gasteiger partial charge in [-0.3, -0.25) is 4.79 Å². The van der Waals surface area contributed by atoms with E-state index in [1.165, 1.54) is 4.68 Å². The highest BCUT2D eigenvalue weighted by Crippen LogP contribution is 2.44. The topological polar surface area (TPSA) is 123 Å². The lowest BCUT2D eigenvalue weighted by molar-refractivity contribution is -0.0304. The maximum atomic E-state index is 13.0. The van der Waals surface area contributed by atoms with Crippen molar-refractivity contribution in [3.05, 3.63) is 91.9 Å². The van der Waals surface area contributed by atoms with Crippen molar-refractivity contribution in [2.45, 2.75) is 44.4 Å². The normalized spacial score (nSPS) is 19.1. The molecule has 12 heteroatoms. The Labute approximate surface area is 281 Å². The molecule has 2 aromatic carbocycles. The van der Waals surface area contributed by atoms with Gasteiger partial charge in [-0.05, 0) is 49.9 Å². The number of aliphatic hydroxyl groups is 1. The van der Waals surface area contributed by atoms with Crippen LogP contribution in [-0.4, -0.2) is 57.3 Å². The molecule has 1 saturated heterocycles. The van der Waals surface area contributed by atoms with Crippen LogP contribution in [0.2, 0.25) is 10.0 Å². The number of aryl methyl sites for hydroxylation is 3. The third kappa shape index (κ3) is 5.85. The van der Waals surface area contributed by atoms with Gasteiger partial charge in [-0.15, -0.1) is 0 Å². The van der Waals surface area contributed by atoms with Crippen LogP contribution < -0.4 is 20.9 Å². The number of halogens is 2. The first kappa shape index (κ1) is 31.5. The van der Waals surface area contributed by atoms with Gasteiger partial charge in [0.05, 0.1) is 52.8 Å². The number of rotatable bonds is 7. The summed E-state index contributed by atoms with van der Waals surface area (Å²) in [5, 5.41) is 23.6. The van der Waals surface area contributed by atoms with E-state index >= 15 is 0 Å². The molecule has 4 heterocycles. The van der Waals surface area contributed by atoms with Gasteiger partial charge in [-0.2, -0.15) is 5.10 Å². The van der Waals surface area contributed by atoms with Crippen LogP contribution in [0.25, 0.3) is 33.2 Å². The maximum Gasteiger partial charge on any atom is 0.278 e. The summed E-state index contributed by atoms with van der Waals surface area (Å²) in [6, 6.07) is 15.3. The zero-order chi connectivity index (χ0) is 32.8. The summed E-state index contributed by atoms with van der Waals surface area (Å²) < 4.78 is 12.5. The Bertz CT molecular complexity index is 2070. The molecule has 0 bridgehead atoms. The number of anilines is 2. The molecule has 2 aliphatic rings. The van der Waals surface area contributed by atoms with Gasteiger partial charge in [0, 0.05) is 59.1 Å². The van der Waals surface area contributed by atoms with E-state index in [9.17, 15) is 9.90 Å². The van der Waals surface area contributed by atoms with Gasteiger partial charge in [0.1, 0.15) is 5.82 Å². The maximum absolute atomic E-state index is 13.0. The molecule has 242 valence electrons. The number of nitrogens with zero attached hydrogens (tertiary/aromatic N) is 4. The molecular formula is C35H34Cl2N6O4. The molecule has 3 atom stereocenters. The van der Waals surface area contributed by atoms with Gasteiger partial charge >= 0.3 is 0 Å². The predicted octanol–water partition coefficient (Wildman–Crippen LogP) is 6.15. The zero-order valence-electron chi connectivity index (χ0n) is 26.2. The van der Waals surface area contributed by atoms with E-state index in [-0.39, 0.29) is 17.6 Å². The number of pyridine rings is 2. The van der Waals surface area contributed by atoms with Crippen molar-refractivity contribution in [2.75, 3.05) is 25.6 Å². The lowest BCUT2D eigenvalue weighted by Crippen LogP contribution is -2.47. The van der Waals surface area contributed by atoms with Crippen LogP contribution in [0.5, 0.6) is 5.88 Å². The van der Waals surface area contributed by atoms with E-state index in [1.807, 2.05) is 49.4 Å². The van der Waals surface area contributed by atoms with Crippen molar-refractivity contribution in [3.63, 3.8) is 0 Å². The molecule has 1 aliphatic carbocycles. The quantitative estimate of drug-likeness (QED) is 0.187. The third-order valence-electron chi connectivity index (χ3n) is 8.97. The van der Waals surface area contributed by atoms with E-state index in [1.54, 1.807) is 20.4 Å². The molecule has 0 amide bonds. The minimum Gasteiger partial charge on any atom is -0.481 e. The van der Waals surface area contributed by atoms with Crippen molar-refractivity contribution in [1.29, 1.82) is 0 Å². The van der Waals surface area contributed by atoms with E-state index in [0.29, 0.717) is 62.7 Å². The molecule has 3 N–H and O–H groups in total. The summed E-state index contributed by atoms with van der Waals surface area (Å²) in [6.45, 7) is 2.82. The Morgan fingerprint density at radius 1 is 1.04 bits per heavy atom. The monoisotopic (exact) mass is 672 g/mol. The van der Waals surface area contributed by atoms with E-state index in [0.717, 1.165) is 47.2 Å². The van der Waals surface area contributed by atoms with Crippen molar-refractivity contribution in [1.82, 2.24) is 25.1 Å². The molecule has 0 spiro atoms. The van der Waals surface area contributed by atoms with Crippen LogP contribution in [0.1, 0.15) is 35.7 Å². The summed E-state index contributed by atoms with van der Waals surface area (Å²) in [6.07, 6.45) is 3.56. The van der Waals surface area contributed by atoms with Crippen molar-refractivity contribution in [3.8, 4) is 28.3 Å². The second-order valence-corrected chi connectivity index (χ2v) is 12.7. The summed E-state index contributed by atoms with van der Waals surface area (Å²) in [4.78, 5) is 22.6. The van der Waals surface area contributed by atoms with Crippen LogP contribution >= 0.6 is 23.2 Å². The van der Waals surface area contributed by atoms with Crippen molar-refractivity contribution < 1.29 is 14.6 Å². The highest BCUT2D eigenvalue weighted by Gasteiger charge is 2.33. The Hall–Kier alpha value is -4.06. The van der Waals surface area contributed by atoms with Crippen LogP contribution in [-0.2, 0) is 18.2 Å². The SMILES string of the molecule is COc1nc(-c2cccc(-c3cccc(Nc4nc(C)cc5cnn(C)c(=O)c45)c3Cl)c2Cl)cc2c1[C@@H](N[C@H]1CCOC[C@H]1O)CC2.